The van der Waals surface area contributed by atoms with Gasteiger partial charge in [-0.2, -0.15) is 8.42 Å². The first-order valence-corrected chi connectivity index (χ1v) is 8.51. The molecule has 0 heterocycles. The maximum atomic E-state index is 12.0. The van der Waals surface area contributed by atoms with E-state index in [-0.39, 0.29) is 29.6 Å². The summed E-state index contributed by atoms with van der Waals surface area (Å²) in [5.41, 5.74) is 0.917. The lowest BCUT2D eigenvalue weighted by Gasteiger charge is -2.10. The molecule has 2 aromatic rings. The highest BCUT2D eigenvalue weighted by Crippen LogP contribution is 2.24. The van der Waals surface area contributed by atoms with Gasteiger partial charge in [-0.1, -0.05) is 17.7 Å². The molecule has 2 rings (SSSR count). The van der Waals surface area contributed by atoms with Gasteiger partial charge in [0.15, 0.2) is 0 Å². The fraction of sp³-hybridized carbons (Fsp3) is 0.250. The van der Waals surface area contributed by atoms with E-state index in [1.807, 2.05) is 6.92 Å². The minimum absolute atomic E-state index is 0.0340. The summed E-state index contributed by atoms with van der Waals surface area (Å²) in [7, 11) is -3.88. The molecule has 25 heavy (non-hydrogen) atoms. The van der Waals surface area contributed by atoms with Crippen LogP contribution in [0, 0.1) is 6.92 Å². The molecule has 0 saturated carbocycles. The van der Waals surface area contributed by atoms with E-state index in [1.54, 1.807) is 12.1 Å². The average molecular weight is 376 g/mol. The summed E-state index contributed by atoms with van der Waals surface area (Å²) in [5.74, 6) is -0.121. The molecule has 0 amide bonds. The summed E-state index contributed by atoms with van der Waals surface area (Å²) < 4.78 is 73.8. The van der Waals surface area contributed by atoms with Crippen molar-refractivity contribution >= 4 is 10.1 Å². The van der Waals surface area contributed by atoms with E-state index in [0.29, 0.717) is 0 Å². The van der Waals surface area contributed by atoms with Gasteiger partial charge in [0.25, 0.3) is 10.1 Å². The number of hydrogen-bond acceptors (Lipinski definition) is 5. The number of rotatable bonds is 7. The molecule has 2 aromatic carbocycles. The largest absolute Gasteiger partial charge is 0.573 e. The summed E-state index contributed by atoms with van der Waals surface area (Å²) in [6.07, 6.45) is -4.76. The smallest absolute Gasteiger partial charge is 0.491 e. The van der Waals surface area contributed by atoms with Gasteiger partial charge in [-0.25, -0.2) is 0 Å². The van der Waals surface area contributed by atoms with Crippen molar-refractivity contribution in [3.8, 4) is 11.5 Å². The molecule has 0 aliphatic carbocycles. The second-order valence-electron chi connectivity index (χ2n) is 4.96. The number of alkyl halides is 3. The van der Waals surface area contributed by atoms with Crippen molar-refractivity contribution in [1.82, 2.24) is 0 Å². The fourth-order valence-electron chi connectivity index (χ4n) is 1.81. The number of ether oxygens (including phenoxy) is 2. The Labute approximate surface area is 143 Å². The van der Waals surface area contributed by atoms with Crippen molar-refractivity contribution in [2.24, 2.45) is 0 Å². The highest BCUT2D eigenvalue weighted by molar-refractivity contribution is 7.86. The molecule has 0 N–H and O–H groups in total. The molecule has 0 fully saturated rings. The van der Waals surface area contributed by atoms with E-state index in [4.69, 9.17) is 8.92 Å². The molecular weight excluding hydrogens is 361 g/mol. The van der Waals surface area contributed by atoms with Crippen molar-refractivity contribution in [3.05, 3.63) is 54.1 Å². The maximum absolute atomic E-state index is 12.0. The Bertz CT molecular complexity index is 784. The molecule has 0 aliphatic heterocycles. The Hall–Kier alpha value is -2.26. The quantitative estimate of drug-likeness (QED) is 0.545. The topological polar surface area (TPSA) is 61.8 Å². The maximum Gasteiger partial charge on any atom is 0.573 e. The van der Waals surface area contributed by atoms with Crippen molar-refractivity contribution in [3.63, 3.8) is 0 Å². The lowest BCUT2D eigenvalue weighted by atomic mass is 10.2. The van der Waals surface area contributed by atoms with E-state index in [0.717, 1.165) is 17.7 Å². The van der Waals surface area contributed by atoms with Crippen LogP contribution in [-0.4, -0.2) is 28.0 Å². The molecule has 0 aromatic heterocycles. The Morgan fingerprint density at radius 2 is 1.44 bits per heavy atom. The lowest BCUT2D eigenvalue weighted by molar-refractivity contribution is -0.274. The van der Waals surface area contributed by atoms with E-state index in [2.05, 4.69) is 4.74 Å². The van der Waals surface area contributed by atoms with Crippen LogP contribution in [-0.2, 0) is 14.3 Å². The van der Waals surface area contributed by atoms with Crippen LogP contribution < -0.4 is 9.47 Å². The van der Waals surface area contributed by atoms with Gasteiger partial charge in [0.2, 0.25) is 0 Å². The van der Waals surface area contributed by atoms with Crippen molar-refractivity contribution in [2.45, 2.75) is 18.2 Å². The van der Waals surface area contributed by atoms with Crippen LogP contribution >= 0.6 is 0 Å². The predicted molar refractivity (Wildman–Crippen MR) is 82.9 cm³/mol. The first-order valence-electron chi connectivity index (χ1n) is 7.10. The van der Waals surface area contributed by atoms with Gasteiger partial charge in [-0.05, 0) is 43.3 Å². The normalized spacial score (nSPS) is 12.0. The molecule has 0 aliphatic rings. The summed E-state index contributed by atoms with van der Waals surface area (Å²) in [6.45, 7) is 1.50. The van der Waals surface area contributed by atoms with E-state index in [9.17, 15) is 21.6 Å². The predicted octanol–water partition coefficient (Wildman–Crippen LogP) is 3.68. The Morgan fingerprint density at radius 1 is 0.880 bits per heavy atom. The molecular formula is C16H15F3O5S. The molecule has 0 radical (unpaired) electrons. The monoisotopic (exact) mass is 376 g/mol. The zero-order valence-corrected chi connectivity index (χ0v) is 13.9. The van der Waals surface area contributed by atoms with Crippen LogP contribution in [0.5, 0.6) is 11.5 Å². The standard InChI is InChI=1S/C16H15F3O5S/c1-12-2-8-15(9-3-12)25(20,21)23-11-10-22-13-4-6-14(7-5-13)24-16(17,18)19/h2-9H,10-11H2,1H3. The van der Waals surface area contributed by atoms with Crippen LogP contribution in [0.4, 0.5) is 13.2 Å². The number of aryl methyl sites for hydroxylation is 1. The number of halogens is 3. The molecule has 0 atom stereocenters. The number of hydrogen-bond donors (Lipinski definition) is 0. The van der Waals surface area contributed by atoms with Crippen molar-refractivity contribution in [1.29, 1.82) is 0 Å². The second kappa shape index (κ2) is 7.75. The fourth-order valence-corrected chi connectivity index (χ4v) is 2.71. The number of benzene rings is 2. The molecule has 136 valence electrons. The van der Waals surface area contributed by atoms with Gasteiger partial charge in [0.05, 0.1) is 4.90 Å². The van der Waals surface area contributed by atoms with Gasteiger partial charge >= 0.3 is 6.36 Å². The molecule has 5 nitrogen and oxygen atoms in total. The van der Waals surface area contributed by atoms with Gasteiger partial charge in [-0.3, -0.25) is 4.18 Å². The molecule has 0 spiro atoms. The summed E-state index contributed by atoms with van der Waals surface area (Å²) in [5, 5.41) is 0. The van der Waals surface area contributed by atoms with E-state index < -0.39 is 16.5 Å². The Kier molecular flexibility index (Phi) is 5.91. The SMILES string of the molecule is Cc1ccc(S(=O)(=O)OCCOc2ccc(OC(F)(F)F)cc2)cc1. The Balaban J connectivity index is 1.81. The van der Waals surface area contributed by atoms with Crippen LogP contribution in [0.3, 0.4) is 0 Å². The molecule has 9 heteroatoms. The van der Waals surface area contributed by atoms with Crippen molar-refractivity contribution < 1.29 is 35.2 Å². The second-order valence-corrected chi connectivity index (χ2v) is 6.57. The minimum atomic E-state index is -4.76. The molecule has 0 unspecified atom stereocenters. The van der Waals surface area contributed by atoms with E-state index in [1.165, 1.54) is 24.3 Å². The first kappa shape index (κ1) is 19.1. The minimum Gasteiger partial charge on any atom is -0.491 e. The highest BCUT2D eigenvalue weighted by Gasteiger charge is 2.30. The van der Waals surface area contributed by atoms with E-state index >= 15 is 0 Å². The van der Waals surface area contributed by atoms with Crippen molar-refractivity contribution in [2.75, 3.05) is 13.2 Å². The zero-order chi connectivity index (χ0) is 18.5. The van der Waals surface area contributed by atoms with Gasteiger partial charge < -0.3 is 9.47 Å². The molecule has 0 bridgehead atoms. The summed E-state index contributed by atoms with van der Waals surface area (Å²) in [4.78, 5) is 0.0340. The Morgan fingerprint density at radius 3 is 2.00 bits per heavy atom. The lowest BCUT2D eigenvalue weighted by Crippen LogP contribution is -2.17. The highest BCUT2D eigenvalue weighted by atomic mass is 32.2. The third-order valence-electron chi connectivity index (χ3n) is 2.96. The van der Waals surface area contributed by atoms with Crippen LogP contribution in [0.2, 0.25) is 0 Å². The van der Waals surface area contributed by atoms with Crippen LogP contribution in [0.1, 0.15) is 5.56 Å². The molecule has 0 saturated heterocycles. The summed E-state index contributed by atoms with van der Waals surface area (Å²) in [6, 6.07) is 10.9. The third-order valence-corrected chi connectivity index (χ3v) is 4.28. The van der Waals surface area contributed by atoms with Gasteiger partial charge in [0, 0.05) is 0 Å². The zero-order valence-electron chi connectivity index (χ0n) is 13.1. The van der Waals surface area contributed by atoms with Crippen LogP contribution in [0.25, 0.3) is 0 Å². The average Bonchev–Trinajstić information content (AvgIpc) is 2.52. The third kappa shape index (κ3) is 6.28. The van der Waals surface area contributed by atoms with Crippen LogP contribution in [0.15, 0.2) is 53.4 Å². The first-order chi connectivity index (χ1) is 11.7. The van der Waals surface area contributed by atoms with Gasteiger partial charge in [0.1, 0.15) is 24.7 Å². The van der Waals surface area contributed by atoms with Gasteiger partial charge in [-0.15, -0.1) is 13.2 Å². The summed E-state index contributed by atoms with van der Waals surface area (Å²) >= 11 is 0.